The Morgan fingerprint density at radius 3 is 2.56 bits per heavy atom. The van der Waals surface area contributed by atoms with Crippen LogP contribution in [-0.4, -0.2) is 10.9 Å². The van der Waals surface area contributed by atoms with Gasteiger partial charge in [0.2, 0.25) is 0 Å². The fourth-order valence-corrected chi connectivity index (χ4v) is 2.47. The smallest absolute Gasteiger partial charge is 0.251 e. The fourth-order valence-electron chi connectivity index (χ4n) is 1.47. The van der Waals surface area contributed by atoms with Crippen LogP contribution in [0.15, 0.2) is 24.3 Å². The van der Waals surface area contributed by atoms with Gasteiger partial charge in [0.05, 0.1) is 12.2 Å². The Hall–Kier alpha value is -1.39. The maximum absolute atomic E-state index is 11.8. The van der Waals surface area contributed by atoms with E-state index in [9.17, 15) is 4.79 Å². The molecule has 94 valence electrons. The second-order valence-electron chi connectivity index (χ2n) is 3.94. The predicted octanol–water partition coefficient (Wildman–Crippen LogP) is 3.34. The van der Waals surface area contributed by atoms with Crippen LogP contribution in [-0.2, 0) is 6.54 Å². The first kappa shape index (κ1) is 13.1. The molecule has 0 aliphatic rings. The van der Waals surface area contributed by atoms with Gasteiger partial charge in [0.1, 0.15) is 5.01 Å². The van der Waals surface area contributed by atoms with Gasteiger partial charge in [-0.05, 0) is 38.1 Å². The molecule has 3 nitrogen and oxygen atoms in total. The maximum atomic E-state index is 11.8. The van der Waals surface area contributed by atoms with E-state index < -0.39 is 0 Å². The molecule has 0 spiro atoms. The Morgan fingerprint density at radius 1 is 1.33 bits per heavy atom. The van der Waals surface area contributed by atoms with Gasteiger partial charge in [-0.25, -0.2) is 4.98 Å². The van der Waals surface area contributed by atoms with Gasteiger partial charge in [0.15, 0.2) is 0 Å². The van der Waals surface area contributed by atoms with Crippen LogP contribution >= 0.6 is 22.9 Å². The summed E-state index contributed by atoms with van der Waals surface area (Å²) in [6.07, 6.45) is 0. The van der Waals surface area contributed by atoms with Crippen LogP contribution in [0.2, 0.25) is 5.02 Å². The molecule has 1 amide bonds. The molecule has 0 bridgehead atoms. The Bertz CT molecular complexity index is 543. The SMILES string of the molecule is Cc1nc(CNC(=O)c2ccc(Cl)cc2)sc1C. The molecule has 1 aromatic carbocycles. The summed E-state index contributed by atoms with van der Waals surface area (Å²) < 4.78 is 0. The number of nitrogens with zero attached hydrogens (tertiary/aromatic N) is 1. The van der Waals surface area contributed by atoms with Crippen molar-refractivity contribution < 1.29 is 4.79 Å². The van der Waals surface area contributed by atoms with Crippen molar-refractivity contribution in [2.24, 2.45) is 0 Å². The van der Waals surface area contributed by atoms with Gasteiger partial charge in [-0.2, -0.15) is 0 Å². The zero-order chi connectivity index (χ0) is 13.1. The first-order valence-corrected chi connectivity index (χ1v) is 6.72. The molecule has 5 heteroatoms. The van der Waals surface area contributed by atoms with Crippen LogP contribution in [0, 0.1) is 13.8 Å². The van der Waals surface area contributed by atoms with Crippen LogP contribution < -0.4 is 5.32 Å². The number of nitrogens with one attached hydrogen (secondary N) is 1. The third kappa shape index (κ3) is 3.09. The summed E-state index contributed by atoms with van der Waals surface area (Å²) in [5, 5.41) is 4.39. The van der Waals surface area contributed by atoms with E-state index in [0.717, 1.165) is 10.7 Å². The van der Waals surface area contributed by atoms with Crippen molar-refractivity contribution in [2.75, 3.05) is 0 Å². The van der Waals surface area contributed by atoms with E-state index in [-0.39, 0.29) is 5.91 Å². The van der Waals surface area contributed by atoms with Gasteiger partial charge in [0, 0.05) is 15.5 Å². The number of carbonyl (C=O) groups excluding carboxylic acids is 1. The maximum Gasteiger partial charge on any atom is 0.251 e. The van der Waals surface area contributed by atoms with Gasteiger partial charge in [-0.1, -0.05) is 11.6 Å². The van der Waals surface area contributed by atoms with Crippen molar-refractivity contribution in [3.05, 3.63) is 50.4 Å². The Morgan fingerprint density at radius 2 is 2.00 bits per heavy atom. The molecule has 0 aliphatic heterocycles. The molecule has 0 aliphatic carbocycles. The minimum atomic E-state index is -0.114. The molecule has 18 heavy (non-hydrogen) atoms. The molecule has 1 N–H and O–H groups in total. The highest BCUT2D eigenvalue weighted by Gasteiger charge is 2.07. The van der Waals surface area contributed by atoms with Crippen LogP contribution in [0.5, 0.6) is 0 Å². The molecular weight excluding hydrogens is 268 g/mol. The lowest BCUT2D eigenvalue weighted by molar-refractivity contribution is 0.0951. The zero-order valence-electron chi connectivity index (χ0n) is 10.2. The second kappa shape index (κ2) is 5.50. The number of carbonyl (C=O) groups is 1. The number of rotatable bonds is 3. The summed E-state index contributed by atoms with van der Waals surface area (Å²) in [5.41, 5.74) is 1.63. The van der Waals surface area contributed by atoms with Gasteiger partial charge >= 0.3 is 0 Å². The van der Waals surface area contributed by atoms with E-state index in [1.807, 2.05) is 13.8 Å². The monoisotopic (exact) mass is 280 g/mol. The second-order valence-corrected chi connectivity index (χ2v) is 5.66. The summed E-state index contributed by atoms with van der Waals surface area (Å²) in [6, 6.07) is 6.81. The largest absolute Gasteiger partial charge is 0.346 e. The van der Waals surface area contributed by atoms with Gasteiger partial charge in [-0.3, -0.25) is 4.79 Å². The summed E-state index contributed by atoms with van der Waals surface area (Å²) >= 11 is 7.38. The first-order chi connectivity index (χ1) is 8.56. The molecule has 0 unspecified atom stereocenters. The summed E-state index contributed by atoms with van der Waals surface area (Å²) in [7, 11) is 0. The zero-order valence-corrected chi connectivity index (χ0v) is 11.7. The molecule has 1 heterocycles. The van der Waals surface area contributed by atoms with Crippen LogP contribution in [0.1, 0.15) is 25.9 Å². The van der Waals surface area contributed by atoms with Crippen LogP contribution in [0.3, 0.4) is 0 Å². The molecule has 0 atom stereocenters. The number of aromatic nitrogens is 1. The van der Waals surface area contributed by atoms with Crippen LogP contribution in [0.25, 0.3) is 0 Å². The highest BCUT2D eigenvalue weighted by molar-refractivity contribution is 7.11. The van der Waals surface area contributed by atoms with Crippen molar-refractivity contribution in [1.29, 1.82) is 0 Å². The van der Waals surface area contributed by atoms with Crippen molar-refractivity contribution in [2.45, 2.75) is 20.4 Å². The number of thiazole rings is 1. The van der Waals surface area contributed by atoms with Gasteiger partial charge in [0.25, 0.3) is 5.91 Å². The van der Waals surface area contributed by atoms with E-state index in [2.05, 4.69) is 10.3 Å². The Kier molecular flexibility index (Phi) is 3.99. The number of aryl methyl sites for hydroxylation is 2. The van der Waals surface area contributed by atoms with Gasteiger partial charge < -0.3 is 5.32 Å². The number of benzene rings is 1. The minimum Gasteiger partial charge on any atom is -0.346 e. The summed E-state index contributed by atoms with van der Waals surface area (Å²) in [5.74, 6) is -0.114. The summed E-state index contributed by atoms with van der Waals surface area (Å²) in [4.78, 5) is 17.4. The van der Waals surface area contributed by atoms with E-state index in [1.165, 1.54) is 4.88 Å². The quantitative estimate of drug-likeness (QED) is 0.937. The molecule has 0 saturated carbocycles. The Labute approximate surface area is 115 Å². The molecule has 0 radical (unpaired) electrons. The third-order valence-corrected chi connectivity index (χ3v) is 3.90. The average molecular weight is 281 g/mol. The van der Waals surface area contributed by atoms with E-state index >= 15 is 0 Å². The number of hydrogen-bond donors (Lipinski definition) is 1. The molecular formula is C13H13ClN2OS. The molecule has 1 aromatic heterocycles. The minimum absolute atomic E-state index is 0.114. The molecule has 0 saturated heterocycles. The number of amides is 1. The Balaban J connectivity index is 1.98. The van der Waals surface area contributed by atoms with E-state index in [4.69, 9.17) is 11.6 Å². The summed E-state index contributed by atoms with van der Waals surface area (Å²) in [6.45, 7) is 4.45. The van der Waals surface area contributed by atoms with Crippen molar-refractivity contribution in [3.63, 3.8) is 0 Å². The average Bonchev–Trinajstić information content (AvgIpc) is 2.67. The fraction of sp³-hybridized carbons (Fsp3) is 0.231. The predicted molar refractivity (Wildman–Crippen MR) is 74.2 cm³/mol. The molecule has 2 rings (SSSR count). The lowest BCUT2D eigenvalue weighted by atomic mass is 10.2. The number of hydrogen-bond acceptors (Lipinski definition) is 3. The topological polar surface area (TPSA) is 42.0 Å². The lowest BCUT2D eigenvalue weighted by Crippen LogP contribution is -2.22. The van der Waals surface area contributed by atoms with E-state index in [0.29, 0.717) is 17.1 Å². The van der Waals surface area contributed by atoms with Crippen molar-refractivity contribution in [1.82, 2.24) is 10.3 Å². The molecule has 2 aromatic rings. The lowest BCUT2D eigenvalue weighted by Gasteiger charge is -2.02. The normalized spacial score (nSPS) is 10.4. The molecule has 0 fully saturated rings. The highest BCUT2D eigenvalue weighted by atomic mass is 35.5. The highest BCUT2D eigenvalue weighted by Crippen LogP contribution is 2.16. The third-order valence-electron chi connectivity index (χ3n) is 2.58. The first-order valence-electron chi connectivity index (χ1n) is 5.53. The number of halogens is 1. The van der Waals surface area contributed by atoms with E-state index in [1.54, 1.807) is 35.6 Å². The standard InChI is InChI=1S/C13H13ClN2OS/c1-8-9(2)18-12(16-8)7-15-13(17)10-3-5-11(14)6-4-10/h3-6H,7H2,1-2H3,(H,15,17). The van der Waals surface area contributed by atoms with Crippen molar-refractivity contribution in [3.8, 4) is 0 Å². The van der Waals surface area contributed by atoms with Crippen molar-refractivity contribution >= 4 is 28.8 Å². The van der Waals surface area contributed by atoms with Gasteiger partial charge in [-0.15, -0.1) is 11.3 Å². The van der Waals surface area contributed by atoms with Crippen LogP contribution in [0.4, 0.5) is 0 Å².